The van der Waals surface area contributed by atoms with Crippen LogP contribution < -0.4 is 5.32 Å². The normalized spacial score (nSPS) is 7.67. The van der Waals surface area contributed by atoms with Gasteiger partial charge in [0.05, 0.1) is 0 Å². The molecule has 0 fully saturated rings. The van der Waals surface area contributed by atoms with E-state index in [1.54, 1.807) is 0 Å². The first-order valence-corrected chi connectivity index (χ1v) is 5.53. The molecule has 0 unspecified atom stereocenters. The van der Waals surface area contributed by atoms with Crippen molar-refractivity contribution >= 4 is 23.1 Å². The van der Waals surface area contributed by atoms with Crippen LogP contribution in [0, 0.1) is 13.8 Å². The number of rotatable bonds is 0. The SMILES string of the molecule is CNC.[CH2-]c1ccccc1.[CH2-]c1ccccc1.[Mg+2]. The summed E-state index contributed by atoms with van der Waals surface area (Å²) in [7, 11) is 3.75. The maximum Gasteiger partial charge on any atom is 2.00 e. The molecule has 2 heteroatoms. The van der Waals surface area contributed by atoms with Crippen LogP contribution in [0.1, 0.15) is 11.1 Å². The van der Waals surface area contributed by atoms with Gasteiger partial charge in [-0.1, -0.05) is 12.1 Å². The summed E-state index contributed by atoms with van der Waals surface area (Å²) in [5.41, 5.74) is 2.14. The van der Waals surface area contributed by atoms with Gasteiger partial charge in [0, 0.05) is 0 Å². The van der Waals surface area contributed by atoms with Crippen molar-refractivity contribution in [1.82, 2.24) is 5.32 Å². The molecule has 0 saturated heterocycles. The molecular formula is C16H21MgN. The van der Waals surface area contributed by atoms with Crippen LogP contribution in [0.15, 0.2) is 60.7 Å². The van der Waals surface area contributed by atoms with E-state index in [9.17, 15) is 0 Å². The molecule has 1 nitrogen and oxygen atoms in total. The summed E-state index contributed by atoms with van der Waals surface area (Å²) in [6, 6.07) is 19.7. The average molecular weight is 252 g/mol. The molecule has 0 aliphatic heterocycles. The van der Waals surface area contributed by atoms with Gasteiger partial charge in [-0.3, -0.25) is 0 Å². The molecule has 0 aliphatic rings. The van der Waals surface area contributed by atoms with Gasteiger partial charge in [0.2, 0.25) is 0 Å². The predicted molar refractivity (Wildman–Crippen MR) is 82.5 cm³/mol. The van der Waals surface area contributed by atoms with Gasteiger partial charge in [-0.2, -0.15) is 49.2 Å². The molecule has 92 valence electrons. The number of hydrogen-bond donors (Lipinski definition) is 1. The van der Waals surface area contributed by atoms with Crippen molar-refractivity contribution in [1.29, 1.82) is 0 Å². The minimum Gasteiger partial charge on any atom is -0.323 e. The van der Waals surface area contributed by atoms with Crippen LogP contribution in [0.5, 0.6) is 0 Å². The Bertz CT molecular complexity index is 322. The zero-order chi connectivity index (χ0) is 12.9. The topological polar surface area (TPSA) is 12.0 Å². The number of benzene rings is 2. The van der Waals surface area contributed by atoms with Crippen LogP contribution in [0.2, 0.25) is 0 Å². The van der Waals surface area contributed by atoms with Crippen LogP contribution >= 0.6 is 0 Å². The van der Waals surface area contributed by atoms with Crippen molar-refractivity contribution in [2.75, 3.05) is 14.1 Å². The van der Waals surface area contributed by atoms with Crippen LogP contribution in [0.25, 0.3) is 0 Å². The van der Waals surface area contributed by atoms with E-state index in [1.807, 2.05) is 74.8 Å². The van der Waals surface area contributed by atoms with E-state index in [-0.39, 0.29) is 23.1 Å². The molecule has 2 rings (SSSR count). The Balaban J connectivity index is 0. The van der Waals surface area contributed by atoms with Crippen LogP contribution in [-0.4, -0.2) is 37.1 Å². The Morgan fingerprint density at radius 1 is 0.667 bits per heavy atom. The van der Waals surface area contributed by atoms with Gasteiger partial charge < -0.3 is 5.32 Å². The van der Waals surface area contributed by atoms with E-state index in [0.717, 1.165) is 11.1 Å². The Morgan fingerprint density at radius 2 is 0.889 bits per heavy atom. The molecule has 0 radical (unpaired) electrons. The first kappa shape index (κ1) is 19.3. The first-order valence-electron chi connectivity index (χ1n) is 5.53. The second-order valence-corrected chi connectivity index (χ2v) is 3.47. The van der Waals surface area contributed by atoms with E-state index in [0.29, 0.717) is 0 Å². The number of nitrogens with one attached hydrogen (secondary N) is 1. The fraction of sp³-hybridized carbons (Fsp3) is 0.125. The predicted octanol–water partition coefficient (Wildman–Crippen LogP) is 3.19. The smallest absolute Gasteiger partial charge is 0.323 e. The fourth-order valence-electron chi connectivity index (χ4n) is 0.956. The van der Waals surface area contributed by atoms with Crippen LogP contribution in [0.4, 0.5) is 0 Å². The van der Waals surface area contributed by atoms with Gasteiger partial charge in [0.1, 0.15) is 0 Å². The molecule has 0 amide bonds. The summed E-state index contributed by atoms with van der Waals surface area (Å²) in [6.07, 6.45) is 0. The van der Waals surface area contributed by atoms with E-state index in [4.69, 9.17) is 0 Å². The molecule has 1 N–H and O–H groups in total. The van der Waals surface area contributed by atoms with Gasteiger partial charge in [-0.25, -0.2) is 0 Å². The first-order chi connectivity index (χ1) is 8.20. The third-order valence-electron chi connectivity index (χ3n) is 1.69. The Labute approximate surface area is 128 Å². The zero-order valence-electron chi connectivity index (χ0n) is 11.4. The third kappa shape index (κ3) is 13.0. The standard InChI is InChI=1S/2C7H7.C2H7N.Mg/c2*1-7-5-3-2-4-6-7;1-3-2;/h2*2-6H,1H2;3H,1-2H3;/q2*-1;;+2. The van der Waals surface area contributed by atoms with Crippen LogP contribution in [-0.2, 0) is 0 Å². The zero-order valence-corrected chi connectivity index (χ0v) is 12.8. The van der Waals surface area contributed by atoms with E-state index in [2.05, 4.69) is 19.2 Å². The monoisotopic (exact) mass is 251 g/mol. The minimum absolute atomic E-state index is 0. The molecule has 0 saturated carbocycles. The summed E-state index contributed by atoms with van der Waals surface area (Å²) in [5.74, 6) is 0. The molecule has 0 heterocycles. The quantitative estimate of drug-likeness (QED) is 0.560. The van der Waals surface area contributed by atoms with E-state index in [1.165, 1.54) is 0 Å². The van der Waals surface area contributed by atoms with E-state index >= 15 is 0 Å². The Hall–Kier alpha value is -1.09. The maximum atomic E-state index is 3.72. The molecule has 2 aromatic rings. The van der Waals surface area contributed by atoms with Gasteiger partial charge >= 0.3 is 23.1 Å². The second kappa shape index (κ2) is 14.0. The molecule has 0 aliphatic carbocycles. The van der Waals surface area contributed by atoms with Crippen molar-refractivity contribution in [2.45, 2.75) is 0 Å². The third-order valence-corrected chi connectivity index (χ3v) is 1.69. The molecule has 0 spiro atoms. The summed E-state index contributed by atoms with van der Waals surface area (Å²) >= 11 is 0. The molecule has 0 bridgehead atoms. The Morgan fingerprint density at radius 3 is 1.00 bits per heavy atom. The fourth-order valence-corrected chi connectivity index (χ4v) is 0.956. The van der Waals surface area contributed by atoms with Gasteiger partial charge in [0.25, 0.3) is 0 Å². The van der Waals surface area contributed by atoms with Crippen LogP contribution in [0.3, 0.4) is 0 Å². The summed E-state index contributed by atoms with van der Waals surface area (Å²) < 4.78 is 0. The molecular weight excluding hydrogens is 230 g/mol. The molecule has 0 aromatic heterocycles. The molecule has 2 aromatic carbocycles. The summed E-state index contributed by atoms with van der Waals surface area (Å²) in [4.78, 5) is 0. The van der Waals surface area contributed by atoms with Crippen molar-refractivity contribution in [3.63, 3.8) is 0 Å². The van der Waals surface area contributed by atoms with Gasteiger partial charge in [-0.05, 0) is 14.1 Å². The van der Waals surface area contributed by atoms with E-state index < -0.39 is 0 Å². The van der Waals surface area contributed by atoms with Crippen molar-refractivity contribution in [2.24, 2.45) is 0 Å². The maximum absolute atomic E-state index is 3.72. The van der Waals surface area contributed by atoms with Gasteiger partial charge in [-0.15, -0.1) is 24.3 Å². The Kier molecular flexibility index (Phi) is 14.9. The van der Waals surface area contributed by atoms with Crippen molar-refractivity contribution in [3.8, 4) is 0 Å². The largest absolute Gasteiger partial charge is 2.00 e. The second-order valence-electron chi connectivity index (χ2n) is 3.47. The summed E-state index contributed by atoms with van der Waals surface area (Å²) in [5, 5.41) is 2.75. The van der Waals surface area contributed by atoms with Crippen molar-refractivity contribution in [3.05, 3.63) is 85.6 Å². The van der Waals surface area contributed by atoms with Crippen molar-refractivity contribution < 1.29 is 0 Å². The molecule has 0 atom stereocenters. The summed E-state index contributed by atoms with van der Waals surface area (Å²) in [6.45, 7) is 7.44. The number of hydrogen-bond acceptors (Lipinski definition) is 1. The minimum atomic E-state index is 0. The van der Waals surface area contributed by atoms with Gasteiger partial charge in [0.15, 0.2) is 0 Å². The average Bonchev–Trinajstić information content (AvgIpc) is 2.33. The molecule has 18 heavy (non-hydrogen) atoms.